The van der Waals surface area contributed by atoms with Gasteiger partial charge < -0.3 is 0 Å². The Morgan fingerprint density at radius 1 is 0.935 bits per heavy atom. The molecule has 4 aromatic rings. The third kappa shape index (κ3) is 4.27. The van der Waals surface area contributed by atoms with E-state index in [2.05, 4.69) is 54.9 Å². The number of aromatic nitrogens is 4. The molecule has 0 bridgehead atoms. The Morgan fingerprint density at radius 2 is 1.48 bits per heavy atom. The Kier molecular flexibility index (Phi) is 5.95. The third-order valence-corrected chi connectivity index (χ3v) is 6.25. The minimum absolute atomic E-state index is 0.330. The summed E-state index contributed by atoms with van der Waals surface area (Å²) in [5.74, 6) is 0.330. The number of hydrogen-bond acceptors (Lipinski definition) is 4. The van der Waals surface area contributed by atoms with Gasteiger partial charge in [0, 0.05) is 29.9 Å². The molecular weight excluding hydrogens is 406 g/mol. The van der Waals surface area contributed by atoms with Gasteiger partial charge in [-0.1, -0.05) is 55.5 Å². The van der Waals surface area contributed by atoms with Crippen molar-refractivity contribution in [3.63, 3.8) is 0 Å². The Labute approximate surface area is 185 Å². The lowest BCUT2D eigenvalue weighted by atomic mass is 9.94. The Morgan fingerprint density at radius 3 is 1.94 bits per heavy atom. The normalized spacial score (nSPS) is 12.0. The SMILES string of the molecule is CCc1c(-c2ccccc2C)nc(NS(=O)c2cnn(C)c2)nc1-c1ccccc1C. The molecular formula is C24H25N5OS. The van der Waals surface area contributed by atoms with Crippen LogP contribution in [0.1, 0.15) is 23.6 Å². The predicted octanol–water partition coefficient (Wildman–Crippen LogP) is 4.86. The maximum atomic E-state index is 12.9. The van der Waals surface area contributed by atoms with Gasteiger partial charge in [-0.05, 0) is 31.4 Å². The van der Waals surface area contributed by atoms with Crippen LogP contribution in [0.5, 0.6) is 0 Å². The van der Waals surface area contributed by atoms with Gasteiger partial charge in [0.2, 0.25) is 5.95 Å². The topological polar surface area (TPSA) is 72.7 Å². The highest BCUT2D eigenvalue weighted by molar-refractivity contribution is 7.86. The summed E-state index contributed by atoms with van der Waals surface area (Å²) < 4.78 is 17.5. The van der Waals surface area contributed by atoms with E-state index in [4.69, 9.17) is 9.97 Å². The summed E-state index contributed by atoms with van der Waals surface area (Å²) >= 11 is 0. The molecule has 1 N–H and O–H groups in total. The fraction of sp³-hybridized carbons (Fsp3) is 0.208. The van der Waals surface area contributed by atoms with Crippen molar-refractivity contribution in [1.29, 1.82) is 0 Å². The van der Waals surface area contributed by atoms with Crippen molar-refractivity contribution in [3.05, 3.63) is 77.6 Å². The van der Waals surface area contributed by atoms with Gasteiger partial charge in [0.25, 0.3) is 0 Å². The van der Waals surface area contributed by atoms with Gasteiger partial charge >= 0.3 is 0 Å². The van der Waals surface area contributed by atoms with Crippen molar-refractivity contribution in [3.8, 4) is 22.5 Å². The van der Waals surface area contributed by atoms with Crippen LogP contribution in [-0.2, 0) is 24.5 Å². The number of aryl methyl sites for hydroxylation is 3. The smallest absolute Gasteiger partial charge is 0.236 e. The lowest BCUT2D eigenvalue weighted by molar-refractivity contribution is 0.685. The van der Waals surface area contributed by atoms with Crippen LogP contribution in [0.15, 0.2) is 65.8 Å². The summed E-state index contributed by atoms with van der Waals surface area (Å²) in [4.78, 5) is 10.2. The monoisotopic (exact) mass is 431 g/mol. The summed E-state index contributed by atoms with van der Waals surface area (Å²) in [6, 6.07) is 16.3. The molecule has 0 amide bonds. The molecule has 6 nitrogen and oxygen atoms in total. The first-order valence-corrected chi connectivity index (χ1v) is 11.3. The van der Waals surface area contributed by atoms with Crippen molar-refractivity contribution in [2.75, 3.05) is 4.72 Å². The minimum Gasteiger partial charge on any atom is -0.274 e. The van der Waals surface area contributed by atoms with Crippen LogP contribution >= 0.6 is 0 Å². The van der Waals surface area contributed by atoms with E-state index in [9.17, 15) is 4.21 Å². The van der Waals surface area contributed by atoms with Gasteiger partial charge in [-0.3, -0.25) is 9.40 Å². The van der Waals surface area contributed by atoms with E-state index < -0.39 is 11.0 Å². The first-order chi connectivity index (χ1) is 15.0. The van der Waals surface area contributed by atoms with E-state index in [1.54, 1.807) is 24.1 Å². The van der Waals surface area contributed by atoms with E-state index in [0.717, 1.165) is 45.6 Å². The fourth-order valence-corrected chi connectivity index (χ4v) is 4.39. The first kappa shape index (κ1) is 20.9. The highest BCUT2D eigenvalue weighted by atomic mass is 32.2. The molecule has 0 aliphatic heterocycles. The second kappa shape index (κ2) is 8.81. The number of hydrogen-bond donors (Lipinski definition) is 1. The second-order valence-electron chi connectivity index (χ2n) is 7.43. The molecule has 0 spiro atoms. The van der Waals surface area contributed by atoms with Gasteiger partial charge in [-0.15, -0.1) is 0 Å². The quantitative estimate of drug-likeness (QED) is 0.473. The van der Waals surface area contributed by atoms with Crippen molar-refractivity contribution in [2.24, 2.45) is 7.05 Å². The van der Waals surface area contributed by atoms with Crippen LogP contribution in [0.25, 0.3) is 22.5 Å². The minimum atomic E-state index is -1.52. The van der Waals surface area contributed by atoms with Crippen LogP contribution in [0.4, 0.5) is 5.95 Å². The van der Waals surface area contributed by atoms with Gasteiger partial charge in [0.1, 0.15) is 0 Å². The Bertz CT molecular complexity index is 1200. The molecule has 0 aliphatic rings. The van der Waals surface area contributed by atoms with E-state index in [-0.39, 0.29) is 0 Å². The van der Waals surface area contributed by atoms with Crippen molar-refractivity contribution < 1.29 is 4.21 Å². The van der Waals surface area contributed by atoms with Crippen LogP contribution in [0, 0.1) is 13.8 Å². The molecule has 2 heterocycles. The Hall–Kier alpha value is -3.32. The van der Waals surface area contributed by atoms with Gasteiger partial charge in [0.05, 0.1) is 22.5 Å². The number of nitrogens with zero attached hydrogens (tertiary/aromatic N) is 4. The zero-order chi connectivity index (χ0) is 22.0. The number of anilines is 1. The molecule has 0 saturated heterocycles. The van der Waals surface area contributed by atoms with Crippen LogP contribution < -0.4 is 4.72 Å². The summed E-state index contributed by atoms with van der Waals surface area (Å²) in [5, 5.41) is 4.10. The van der Waals surface area contributed by atoms with Gasteiger partial charge in [0.15, 0.2) is 11.0 Å². The largest absolute Gasteiger partial charge is 0.274 e. The summed E-state index contributed by atoms with van der Waals surface area (Å²) in [5.41, 5.74) is 7.15. The lowest BCUT2D eigenvalue weighted by Crippen LogP contribution is -2.11. The molecule has 1 unspecified atom stereocenters. The zero-order valence-corrected chi connectivity index (χ0v) is 18.9. The summed E-state index contributed by atoms with van der Waals surface area (Å²) in [7, 11) is 0.271. The standard InChI is InChI=1S/C24H25N5OS/c1-5-19-22(20-12-8-6-10-16(20)2)26-24(28-31(30)18-14-25-29(4)15-18)27-23(19)21-13-9-7-11-17(21)3/h6-15H,5H2,1-4H3,(H,26,27,28). The highest BCUT2D eigenvalue weighted by Crippen LogP contribution is 2.34. The molecule has 31 heavy (non-hydrogen) atoms. The molecule has 4 rings (SSSR count). The van der Waals surface area contributed by atoms with Crippen molar-refractivity contribution >= 4 is 16.9 Å². The average molecular weight is 432 g/mol. The van der Waals surface area contributed by atoms with Crippen LogP contribution in [0.2, 0.25) is 0 Å². The predicted molar refractivity (Wildman–Crippen MR) is 125 cm³/mol. The second-order valence-corrected chi connectivity index (χ2v) is 8.64. The molecule has 2 aromatic heterocycles. The van der Waals surface area contributed by atoms with Gasteiger partial charge in [-0.25, -0.2) is 14.2 Å². The van der Waals surface area contributed by atoms with Crippen molar-refractivity contribution in [1.82, 2.24) is 19.7 Å². The molecule has 1 atom stereocenters. The summed E-state index contributed by atoms with van der Waals surface area (Å²) in [6.45, 7) is 6.26. The van der Waals surface area contributed by atoms with E-state index in [1.807, 2.05) is 24.3 Å². The van der Waals surface area contributed by atoms with E-state index in [1.165, 1.54) is 0 Å². The lowest BCUT2D eigenvalue weighted by Gasteiger charge is -2.17. The van der Waals surface area contributed by atoms with Crippen LogP contribution in [-0.4, -0.2) is 24.0 Å². The number of rotatable bonds is 6. The van der Waals surface area contributed by atoms with Crippen molar-refractivity contribution in [2.45, 2.75) is 32.1 Å². The maximum absolute atomic E-state index is 12.9. The first-order valence-electron chi connectivity index (χ1n) is 10.2. The number of benzene rings is 2. The molecule has 2 aromatic carbocycles. The fourth-order valence-electron chi connectivity index (χ4n) is 3.62. The van der Waals surface area contributed by atoms with E-state index in [0.29, 0.717) is 10.8 Å². The van der Waals surface area contributed by atoms with Crippen LogP contribution in [0.3, 0.4) is 0 Å². The van der Waals surface area contributed by atoms with E-state index >= 15 is 0 Å². The molecule has 0 fully saturated rings. The Balaban J connectivity index is 1.91. The number of nitrogens with one attached hydrogen (secondary N) is 1. The average Bonchev–Trinajstić information content (AvgIpc) is 3.20. The molecule has 7 heteroatoms. The summed E-state index contributed by atoms with van der Waals surface area (Å²) in [6.07, 6.45) is 4.07. The molecule has 0 radical (unpaired) electrons. The zero-order valence-electron chi connectivity index (χ0n) is 18.1. The van der Waals surface area contributed by atoms with Gasteiger partial charge in [-0.2, -0.15) is 5.10 Å². The molecule has 0 saturated carbocycles. The highest BCUT2D eigenvalue weighted by Gasteiger charge is 2.19. The molecule has 158 valence electrons. The third-order valence-electron chi connectivity index (χ3n) is 5.24. The maximum Gasteiger partial charge on any atom is 0.236 e. The molecule has 0 aliphatic carbocycles.